The molecule has 0 bridgehead atoms. The van der Waals surface area contributed by atoms with Gasteiger partial charge in [0.05, 0.1) is 6.42 Å². The van der Waals surface area contributed by atoms with Gasteiger partial charge in [0, 0.05) is 18.2 Å². The number of hydrogen-bond acceptors (Lipinski definition) is 2. The van der Waals surface area contributed by atoms with Crippen molar-refractivity contribution in [1.29, 1.82) is 0 Å². The molecule has 0 amide bonds. The highest BCUT2D eigenvalue weighted by Gasteiger charge is 2.19. The molecule has 0 radical (unpaired) electrons. The van der Waals surface area contributed by atoms with Crippen LogP contribution in [0.5, 0.6) is 0 Å². The van der Waals surface area contributed by atoms with E-state index < -0.39 is 23.6 Å². The normalized spacial score (nSPS) is 13.5. The SMILES string of the molecule is C[C@@H](N[C@@H](CC(=O)O)Cc1ccc(F)cc1F)c1ccccc1. The number of carboxylic acids is 1. The number of carboxylic acid groups (broad SMARTS) is 1. The molecule has 0 aliphatic heterocycles. The molecule has 5 heteroatoms. The summed E-state index contributed by atoms with van der Waals surface area (Å²) in [4.78, 5) is 11.1. The Bertz CT molecular complexity index is 661. The summed E-state index contributed by atoms with van der Waals surface area (Å²) in [6, 6.07) is 12.4. The zero-order valence-electron chi connectivity index (χ0n) is 12.8. The molecular formula is C18H19F2NO2. The van der Waals surface area contributed by atoms with Gasteiger partial charge in [0.1, 0.15) is 11.6 Å². The van der Waals surface area contributed by atoms with Crippen molar-refractivity contribution in [3.63, 3.8) is 0 Å². The van der Waals surface area contributed by atoms with Crippen LogP contribution in [0, 0.1) is 11.6 Å². The molecular weight excluding hydrogens is 300 g/mol. The minimum atomic E-state index is -0.967. The van der Waals surface area contributed by atoms with Crippen LogP contribution < -0.4 is 5.32 Å². The molecule has 0 aromatic heterocycles. The van der Waals surface area contributed by atoms with Gasteiger partial charge in [-0.25, -0.2) is 8.78 Å². The first-order chi connectivity index (χ1) is 11.0. The van der Waals surface area contributed by atoms with E-state index in [0.717, 1.165) is 11.6 Å². The highest BCUT2D eigenvalue weighted by Crippen LogP contribution is 2.17. The zero-order valence-corrected chi connectivity index (χ0v) is 12.8. The Morgan fingerprint density at radius 1 is 1.17 bits per heavy atom. The lowest BCUT2D eigenvalue weighted by molar-refractivity contribution is -0.137. The summed E-state index contributed by atoms with van der Waals surface area (Å²) in [7, 11) is 0. The quantitative estimate of drug-likeness (QED) is 0.818. The predicted molar refractivity (Wildman–Crippen MR) is 84.1 cm³/mol. The molecule has 2 N–H and O–H groups in total. The molecule has 0 heterocycles. The average molecular weight is 319 g/mol. The summed E-state index contributed by atoms with van der Waals surface area (Å²) in [6.45, 7) is 1.92. The molecule has 0 aliphatic rings. The van der Waals surface area contributed by atoms with E-state index in [1.54, 1.807) is 0 Å². The van der Waals surface area contributed by atoms with Crippen molar-refractivity contribution in [1.82, 2.24) is 5.32 Å². The van der Waals surface area contributed by atoms with Crippen LogP contribution in [0.4, 0.5) is 8.78 Å². The Morgan fingerprint density at radius 2 is 1.87 bits per heavy atom. The third kappa shape index (κ3) is 5.14. The third-order valence-electron chi connectivity index (χ3n) is 3.69. The van der Waals surface area contributed by atoms with Crippen molar-refractivity contribution in [2.45, 2.75) is 31.8 Å². The number of nitrogens with one attached hydrogen (secondary N) is 1. The lowest BCUT2D eigenvalue weighted by Gasteiger charge is -2.23. The molecule has 122 valence electrons. The summed E-state index contributed by atoms with van der Waals surface area (Å²) in [5.41, 5.74) is 1.31. The van der Waals surface area contributed by atoms with Gasteiger partial charge in [-0.05, 0) is 30.5 Å². The van der Waals surface area contributed by atoms with Crippen LogP contribution in [0.25, 0.3) is 0 Å². The molecule has 0 saturated carbocycles. The van der Waals surface area contributed by atoms with Gasteiger partial charge in [0.25, 0.3) is 0 Å². The molecule has 2 aromatic carbocycles. The number of benzene rings is 2. The van der Waals surface area contributed by atoms with Gasteiger partial charge < -0.3 is 10.4 Å². The van der Waals surface area contributed by atoms with Crippen LogP contribution in [0.2, 0.25) is 0 Å². The smallest absolute Gasteiger partial charge is 0.304 e. The molecule has 0 spiro atoms. The molecule has 3 nitrogen and oxygen atoms in total. The predicted octanol–water partition coefficient (Wildman–Crippen LogP) is 3.70. The minimum Gasteiger partial charge on any atom is -0.481 e. The number of rotatable bonds is 7. The maximum atomic E-state index is 13.8. The first kappa shape index (κ1) is 17.1. The van der Waals surface area contributed by atoms with Crippen molar-refractivity contribution in [2.24, 2.45) is 0 Å². The minimum absolute atomic E-state index is 0.0796. The maximum Gasteiger partial charge on any atom is 0.304 e. The van der Waals surface area contributed by atoms with E-state index in [2.05, 4.69) is 5.32 Å². The molecule has 2 atom stereocenters. The fourth-order valence-corrected chi connectivity index (χ4v) is 2.54. The van der Waals surface area contributed by atoms with E-state index >= 15 is 0 Å². The molecule has 2 aromatic rings. The van der Waals surface area contributed by atoms with Gasteiger partial charge in [-0.15, -0.1) is 0 Å². The third-order valence-corrected chi connectivity index (χ3v) is 3.69. The monoisotopic (exact) mass is 319 g/mol. The Labute approximate surface area is 134 Å². The highest BCUT2D eigenvalue weighted by atomic mass is 19.1. The summed E-state index contributed by atoms with van der Waals surface area (Å²) in [5.74, 6) is -2.27. The Balaban J connectivity index is 2.12. The van der Waals surface area contributed by atoms with E-state index in [1.165, 1.54) is 12.1 Å². The van der Waals surface area contributed by atoms with Gasteiger partial charge in [0.2, 0.25) is 0 Å². The first-order valence-corrected chi connectivity index (χ1v) is 7.42. The van der Waals surface area contributed by atoms with Crippen LogP contribution in [-0.2, 0) is 11.2 Å². The molecule has 0 unspecified atom stereocenters. The number of halogens is 2. The second kappa shape index (κ2) is 7.83. The fourth-order valence-electron chi connectivity index (χ4n) is 2.54. The summed E-state index contributed by atoms with van der Waals surface area (Å²) in [5, 5.41) is 12.3. The van der Waals surface area contributed by atoms with Crippen LogP contribution in [0.1, 0.15) is 30.5 Å². The lowest BCUT2D eigenvalue weighted by Crippen LogP contribution is -2.35. The van der Waals surface area contributed by atoms with Crippen molar-refractivity contribution in [3.05, 3.63) is 71.3 Å². The second-order valence-electron chi connectivity index (χ2n) is 5.53. The zero-order chi connectivity index (χ0) is 16.8. The van der Waals surface area contributed by atoms with Crippen molar-refractivity contribution in [3.8, 4) is 0 Å². The van der Waals surface area contributed by atoms with Crippen LogP contribution >= 0.6 is 0 Å². The topological polar surface area (TPSA) is 49.3 Å². The fraction of sp³-hybridized carbons (Fsp3) is 0.278. The van der Waals surface area contributed by atoms with E-state index in [-0.39, 0.29) is 18.9 Å². The van der Waals surface area contributed by atoms with Gasteiger partial charge in [-0.1, -0.05) is 36.4 Å². The summed E-state index contributed by atoms with van der Waals surface area (Å²) >= 11 is 0. The Morgan fingerprint density at radius 3 is 2.48 bits per heavy atom. The standard InChI is InChI=1S/C18H19F2NO2/c1-12(13-5-3-2-4-6-13)21-16(11-18(22)23)9-14-7-8-15(19)10-17(14)20/h2-8,10,12,16,21H,9,11H2,1H3,(H,22,23)/t12-,16-/m1/s1. The van der Waals surface area contributed by atoms with E-state index in [1.807, 2.05) is 37.3 Å². The van der Waals surface area contributed by atoms with E-state index in [4.69, 9.17) is 5.11 Å². The van der Waals surface area contributed by atoms with Crippen LogP contribution in [-0.4, -0.2) is 17.1 Å². The highest BCUT2D eigenvalue weighted by molar-refractivity contribution is 5.67. The van der Waals surface area contributed by atoms with Crippen molar-refractivity contribution >= 4 is 5.97 Å². The van der Waals surface area contributed by atoms with Crippen molar-refractivity contribution in [2.75, 3.05) is 0 Å². The number of carbonyl (C=O) groups is 1. The van der Waals surface area contributed by atoms with Gasteiger partial charge >= 0.3 is 5.97 Å². The lowest BCUT2D eigenvalue weighted by atomic mass is 10.00. The molecule has 2 rings (SSSR count). The maximum absolute atomic E-state index is 13.8. The largest absolute Gasteiger partial charge is 0.481 e. The summed E-state index contributed by atoms with van der Waals surface area (Å²) < 4.78 is 26.8. The van der Waals surface area contributed by atoms with Gasteiger partial charge in [-0.3, -0.25) is 4.79 Å². The molecule has 0 aliphatic carbocycles. The van der Waals surface area contributed by atoms with Gasteiger partial charge in [-0.2, -0.15) is 0 Å². The Kier molecular flexibility index (Phi) is 5.82. The molecule has 23 heavy (non-hydrogen) atoms. The van der Waals surface area contributed by atoms with Gasteiger partial charge in [0.15, 0.2) is 0 Å². The number of aliphatic carboxylic acids is 1. The van der Waals surface area contributed by atoms with Crippen LogP contribution in [0.15, 0.2) is 48.5 Å². The Hall–Kier alpha value is -2.27. The number of hydrogen-bond donors (Lipinski definition) is 2. The van der Waals surface area contributed by atoms with Crippen LogP contribution in [0.3, 0.4) is 0 Å². The molecule has 0 fully saturated rings. The molecule has 0 saturated heterocycles. The van der Waals surface area contributed by atoms with Crippen molar-refractivity contribution < 1.29 is 18.7 Å². The van der Waals surface area contributed by atoms with E-state index in [9.17, 15) is 13.6 Å². The average Bonchev–Trinajstić information content (AvgIpc) is 2.50. The summed E-state index contributed by atoms with van der Waals surface area (Å²) in [6.07, 6.45) is 0.0313. The first-order valence-electron chi connectivity index (χ1n) is 7.42. The van der Waals surface area contributed by atoms with E-state index in [0.29, 0.717) is 5.56 Å². The second-order valence-corrected chi connectivity index (χ2v) is 5.53.